The summed E-state index contributed by atoms with van der Waals surface area (Å²) in [7, 11) is 0. The van der Waals surface area contributed by atoms with Gasteiger partial charge in [-0.2, -0.15) is 0 Å². The molecule has 0 amide bonds. The number of aliphatic imine (C=N–C) groups is 1. The number of furan rings is 1. The molecule has 6 heteroatoms. The van der Waals surface area contributed by atoms with Gasteiger partial charge in [0, 0.05) is 45.2 Å². The number of ether oxygens (including phenoxy) is 1. The van der Waals surface area contributed by atoms with Crippen LogP contribution in [0.5, 0.6) is 0 Å². The molecule has 1 aliphatic heterocycles. The van der Waals surface area contributed by atoms with E-state index in [1.165, 1.54) is 0 Å². The average Bonchev–Trinajstić information content (AvgIpc) is 3.10. The fraction of sp³-hybridized carbons (Fsp3) is 0.722. The van der Waals surface area contributed by atoms with Crippen LogP contribution in [0, 0.1) is 5.92 Å². The van der Waals surface area contributed by atoms with Crippen molar-refractivity contribution < 1.29 is 9.15 Å². The van der Waals surface area contributed by atoms with Gasteiger partial charge in [0.15, 0.2) is 5.96 Å². The van der Waals surface area contributed by atoms with E-state index in [1.54, 1.807) is 6.26 Å². The summed E-state index contributed by atoms with van der Waals surface area (Å²) in [6.45, 7) is 12.8. The van der Waals surface area contributed by atoms with Crippen molar-refractivity contribution in [3.63, 3.8) is 0 Å². The molecule has 0 aliphatic carbocycles. The monoisotopic (exact) mass is 336 g/mol. The van der Waals surface area contributed by atoms with Gasteiger partial charge < -0.3 is 19.8 Å². The fourth-order valence-electron chi connectivity index (χ4n) is 2.60. The maximum absolute atomic E-state index is 5.42. The molecule has 1 unspecified atom stereocenters. The van der Waals surface area contributed by atoms with Gasteiger partial charge in [-0.1, -0.05) is 13.8 Å². The van der Waals surface area contributed by atoms with Gasteiger partial charge in [-0.05, 0) is 25.0 Å². The van der Waals surface area contributed by atoms with E-state index in [0.29, 0.717) is 12.0 Å². The van der Waals surface area contributed by atoms with E-state index in [0.717, 1.165) is 64.1 Å². The van der Waals surface area contributed by atoms with Crippen molar-refractivity contribution in [2.45, 2.75) is 33.2 Å². The summed E-state index contributed by atoms with van der Waals surface area (Å²) in [5.74, 6) is 2.42. The van der Waals surface area contributed by atoms with E-state index < -0.39 is 0 Å². The zero-order chi connectivity index (χ0) is 17.2. The summed E-state index contributed by atoms with van der Waals surface area (Å²) >= 11 is 0. The summed E-state index contributed by atoms with van der Waals surface area (Å²) in [6.07, 6.45) is 2.57. The largest absolute Gasteiger partial charge is 0.469 e. The molecule has 1 aromatic heterocycles. The predicted octanol–water partition coefficient (Wildman–Crippen LogP) is 1.73. The highest BCUT2D eigenvalue weighted by Gasteiger charge is 2.17. The lowest BCUT2D eigenvalue weighted by atomic mass is 10.2. The zero-order valence-electron chi connectivity index (χ0n) is 15.3. The Morgan fingerprint density at radius 1 is 1.25 bits per heavy atom. The van der Waals surface area contributed by atoms with Crippen LogP contribution in [-0.2, 0) is 11.2 Å². The standard InChI is InChI=1S/C18H32N4O2/c1-15(2)13-20-18(19-7-6-17-5-4-10-24-17)21-14-16(3)22-8-11-23-12-9-22/h4-5,10,15-16H,6-9,11-14H2,1-3H3,(H2,19,20,21). The molecule has 2 rings (SSSR count). The van der Waals surface area contributed by atoms with Crippen LogP contribution in [0.3, 0.4) is 0 Å². The molecular formula is C18H32N4O2. The lowest BCUT2D eigenvalue weighted by Gasteiger charge is -2.32. The summed E-state index contributed by atoms with van der Waals surface area (Å²) in [5, 5.41) is 6.89. The first-order valence-corrected chi connectivity index (χ1v) is 9.01. The molecule has 2 heterocycles. The van der Waals surface area contributed by atoms with Gasteiger partial charge >= 0.3 is 0 Å². The first kappa shape index (κ1) is 18.8. The normalized spacial score (nSPS) is 17.9. The SMILES string of the molecule is CC(C)CN=C(NCCc1ccco1)NCC(C)N1CCOCC1. The van der Waals surface area contributed by atoms with Crippen LogP contribution in [0.1, 0.15) is 26.5 Å². The van der Waals surface area contributed by atoms with Crippen LogP contribution in [0.15, 0.2) is 27.8 Å². The number of hydrogen-bond acceptors (Lipinski definition) is 4. The van der Waals surface area contributed by atoms with E-state index >= 15 is 0 Å². The first-order valence-electron chi connectivity index (χ1n) is 9.01. The molecule has 0 bridgehead atoms. The third-order valence-electron chi connectivity index (χ3n) is 4.09. The molecule has 1 saturated heterocycles. The Morgan fingerprint density at radius 3 is 2.71 bits per heavy atom. The molecule has 1 aromatic rings. The second-order valence-corrected chi connectivity index (χ2v) is 6.72. The van der Waals surface area contributed by atoms with Gasteiger partial charge in [0.2, 0.25) is 0 Å². The maximum atomic E-state index is 5.42. The van der Waals surface area contributed by atoms with Crippen LogP contribution in [-0.4, -0.2) is 62.8 Å². The molecule has 0 radical (unpaired) electrons. The van der Waals surface area contributed by atoms with Crippen molar-refractivity contribution in [2.24, 2.45) is 10.9 Å². The van der Waals surface area contributed by atoms with E-state index in [4.69, 9.17) is 9.15 Å². The third-order valence-corrected chi connectivity index (χ3v) is 4.09. The van der Waals surface area contributed by atoms with Crippen LogP contribution in [0.25, 0.3) is 0 Å². The van der Waals surface area contributed by atoms with Gasteiger partial charge in [-0.3, -0.25) is 9.89 Å². The van der Waals surface area contributed by atoms with Crippen molar-refractivity contribution in [3.8, 4) is 0 Å². The summed E-state index contributed by atoms with van der Waals surface area (Å²) in [4.78, 5) is 7.14. The number of morpholine rings is 1. The number of nitrogens with one attached hydrogen (secondary N) is 2. The van der Waals surface area contributed by atoms with Crippen LogP contribution in [0.4, 0.5) is 0 Å². The van der Waals surface area contributed by atoms with Gasteiger partial charge in [-0.25, -0.2) is 0 Å². The van der Waals surface area contributed by atoms with Crippen LogP contribution in [0.2, 0.25) is 0 Å². The molecular weight excluding hydrogens is 304 g/mol. The molecule has 1 atom stereocenters. The second kappa shape index (κ2) is 10.4. The van der Waals surface area contributed by atoms with Gasteiger partial charge in [0.05, 0.1) is 19.5 Å². The average molecular weight is 336 g/mol. The number of rotatable bonds is 8. The van der Waals surface area contributed by atoms with Crippen molar-refractivity contribution in [1.29, 1.82) is 0 Å². The summed E-state index contributed by atoms with van der Waals surface area (Å²) < 4.78 is 10.8. The minimum Gasteiger partial charge on any atom is -0.469 e. The molecule has 24 heavy (non-hydrogen) atoms. The molecule has 0 saturated carbocycles. The Hall–Kier alpha value is -1.53. The Morgan fingerprint density at radius 2 is 2.04 bits per heavy atom. The first-order chi connectivity index (χ1) is 11.6. The van der Waals surface area contributed by atoms with Crippen molar-refractivity contribution >= 4 is 5.96 Å². The molecule has 1 aliphatic rings. The Kier molecular flexibility index (Phi) is 8.12. The number of guanidine groups is 1. The van der Waals surface area contributed by atoms with Crippen LogP contribution >= 0.6 is 0 Å². The van der Waals surface area contributed by atoms with Gasteiger partial charge in [0.1, 0.15) is 5.76 Å². The molecule has 2 N–H and O–H groups in total. The minimum absolute atomic E-state index is 0.463. The summed E-state index contributed by atoms with van der Waals surface area (Å²) in [6, 6.07) is 4.39. The minimum atomic E-state index is 0.463. The van der Waals surface area contributed by atoms with Gasteiger partial charge in [-0.15, -0.1) is 0 Å². The zero-order valence-corrected chi connectivity index (χ0v) is 15.3. The van der Waals surface area contributed by atoms with Crippen molar-refractivity contribution in [3.05, 3.63) is 24.2 Å². The molecule has 0 aromatic carbocycles. The van der Waals surface area contributed by atoms with E-state index in [-0.39, 0.29) is 0 Å². The summed E-state index contributed by atoms with van der Waals surface area (Å²) in [5.41, 5.74) is 0. The Balaban J connectivity index is 1.77. The third kappa shape index (κ3) is 6.93. The lowest BCUT2D eigenvalue weighted by molar-refractivity contribution is 0.0211. The molecule has 6 nitrogen and oxygen atoms in total. The smallest absolute Gasteiger partial charge is 0.191 e. The molecule has 0 spiro atoms. The van der Waals surface area contributed by atoms with E-state index in [2.05, 4.69) is 41.3 Å². The molecule has 136 valence electrons. The lowest BCUT2D eigenvalue weighted by Crippen LogP contribution is -2.49. The highest BCUT2D eigenvalue weighted by Crippen LogP contribution is 2.03. The second-order valence-electron chi connectivity index (χ2n) is 6.72. The maximum Gasteiger partial charge on any atom is 0.191 e. The highest BCUT2D eigenvalue weighted by atomic mass is 16.5. The van der Waals surface area contributed by atoms with Crippen molar-refractivity contribution in [2.75, 3.05) is 45.9 Å². The Bertz CT molecular complexity index is 467. The fourth-order valence-corrected chi connectivity index (χ4v) is 2.60. The highest BCUT2D eigenvalue weighted by molar-refractivity contribution is 5.79. The van der Waals surface area contributed by atoms with Crippen LogP contribution < -0.4 is 10.6 Å². The molecule has 1 fully saturated rings. The van der Waals surface area contributed by atoms with E-state index in [1.807, 2.05) is 12.1 Å². The number of hydrogen-bond donors (Lipinski definition) is 2. The topological polar surface area (TPSA) is 62.0 Å². The number of nitrogens with zero attached hydrogens (tertiary/aromatic N) is 2. The van der Waals surface area contributed by atoms with Gasteiger partial charge in [0.25, 0.3) is 0 Å². The van der Waals surface area contributed by atoms with E-state index in [9.17, 15) is 0 Å². The Labute approximate surface area is 145 Å². The van der Waals surface area contributed by atoms with Crippen molar-refractivity contribution in [1.82, 2.24) is 15.5 Å². The predicted molar refractivity (Wildman–Crippen MR) is 97.4 cm³/mol. The quantitative estimate of drug-likeness (QED) is 0.559.